The largest absolute Gasteiger partial charge is 0.489 e. The number of benzene rings is 2. The van der Waals surface area contributed by atoms with Crippen molar-refractivity contribution in [2.75, 3.05) is 55.5 Å². The van der Waals surface area contributed by atoms with E-state index in [1.54, 1.807) is 12.3 Å². The van der Waals surface area contributed by atoms with Crippen molar-refractivity contribution in [3.8, 4) is 17.0 Å². The number of morpholine rings is 1. The van der Waals surface area contributed by atoms with Crippen LogP contribution in [0.5, 0.6) is 5.75 Å². The zero-order valence-electron chi connectivity index (χ0n) is 19.1. The van der Waals surface area contributed by atoms with Gasteiger partial charge in [0.2, 0.25) is 0 Å². The first-order valence-electron chi connectivity index (χ1n) is 11.4. The van der Waals surface area contributed by atoms with Crippen LogP contribution < -0.4 is 20.7 Å². The van der Waals surface area contributed by atoms with Crippen LogP contribution in [0.15, 0.2) is 55.0 Å². The Labute approximate surface area is 202 Å². The van der Waals surface area contributed by atoms with Crippen molar-refractivity contribution in [1.82, 2.24) is 14.4 Å². The number of hydrogen-bond acceptors (Lipinski definition) is 9. The van der Waals surface area contributed by atoms with E-state index in [0.29, 0.717) is 47.4 Å². The van der Waals surface area contributed by atoms with Gasteiger partial charge < -0.3 is 40.3 Å². The number of fused-ring (bicyclic) bond motifs is 1. The fraction of sp³-hybridized carbons (Fsp3) is 0.240. The van der Waals surface area contributed by atoms with E-state index < -0.39 is 0 Å². The SMILES string of the molecule is N=Cc1ccc(-c2cn3ccnc3c(Nc3ccc(N4CCOCC4)c(OCCO)c3)n2)cc1N. The maximum Gasteiger partial charge on any atom is 0.180 e. The van der Waals surface area contributed by atoms with Crippen molar-refractivity contribution >= 4 is 34.7 Å². The summed E-state index contributed by atoms with van der Waals surface area (Å²) >= 11 is 0. The Morgan fingerprint density at radius 2 is 2.06 bits per heavy atom. The minimum atomic E-state index is -0.0710. The van der Waals surface area contributed by atoms with Crippen LogP contribution in [0, 0.1) is 5.41 Å². The monoisotopic (exact) mass is 473 g/mol. The summed E-state index contributed by atoms with van der Waals surface area (Å²) in [5, 5.41) is 20.2. The highest BCUT2D eigenvalue weighted by Gasteiger charge is 2.17. The second-order valence-electron chi connectivity index (χ2n) is 8.10. The third-order valence-corrected chi connectivity index (χ3v) is 5.84. The van der Waals surface area contributed by atoms with Gasteiger partial charge >= 0.3 is 0 Å². The summed E-state index contributed by atoms with van der Waals surface area (Å²) < 4.78 is 13.2. The Bertz CT molecular complexity index is 1350. The van der Waals surface area contributed by atoms with Crippen LogP contribution in [-0.2, 0) is 4.74 Å². The summed E-state index contributed by atoms with van der Waals surface area (Å²) in [7, 11) is 0. The van der Waals surface area contributed by atoms with E-state index >= 15 is 0 Å². The number of imidazole rings is 1. The number of hydrogen-bond donors (Lipinski definition) is 4. The van der Waals surface area contributed by atoms with Gasteiger partial charge in [-0.2, -0.15) is 0 Å². The maximum atomic E-state index is 9.30. The summed E-state index contributed by atoms with van der Waals surface area (Å²) in [5.41, 5.74) is 11.2. The second-order valence-corrected chi connectivity index (χ2v) is 8.10. The van der Waals surface area contributed by atoms with Crippen molar-refractivity contribution in [2.24, 2.45) is 0 Å². The molecule has 180 valence electrons. The number of aromatic nitrogens is 3. The van der Waals surface area contributed by atoms with Gasteiger partial charge in [0, 0.05) is 66.5 Å². The molecule has 0 saturated carbocycles. The van der Waals surface area contributed by atoms with Crippen LogP contribution in [0.25, 0.3) is 16.9 Å². The van der Waals surface area contributed by atoms with E-state index in [2.05, 4.69) is 15.2 Å². The Kier molecular flexibility index (Phi) is 6.47. The van der Waals surface area contributed by atoms with Crippen molar-refractivity contribution in [3.05, 3.63) is 60.6 Å². The summed E-state index contributed by atoms with van der Waals surface area (Å²) in [6, 6.07) is 11.4. The first kappa shape index (κ1) is 22.6. The lowest BCUT2D eigenvalue weighted by Gasteiger charge is -2.30. The summed E-state index contributed by atoms with van der Waals surface area (Å²) in [4.78, 5) is 11.5. The minimum Gasteiger partial charge on any atom is -0.489 e. The molecule has 3 heterocycles. The number of nitrogen functional groups attached to an aromatic ring is 1. The smallest absolute Gasteiger partial charge is 0.180 e. The van der Waals surface area contributed by atoms with Crippen molar-refractivity contribution in [3.63, 3.8) is 0 Å². The molecule has 0 radical (unpaired) electrons. The molecule has 2 aromatic heterocycles. The number of rotatable bonds is 8. The Hall–Kier alpha value is -4.15. The Balaban J connectivity index is 1.50. The number of nitrogens with zero attached hydrogens (tertiary/aromatic N) is 4. The molecular formula is C25H27N7O3. The summed E-state index contributed by atoms with van der Waals surface area (Å²) in [5.74, 6) is 1.26. The molecule has 5 rings (SSSR count). The molecule has 1 fully saturated rings. The lowest BCUT2D eigenvalue weighted by Crippen LogP contribution is -2.36. The van der Waals surface area contributed by atoms with E-state index in [0.717, 1.165) is 30.0 Å². The molecule has 0 aliphatic carbocycles. The van der Waals surface area contributed by atoms with E-state index in [-0.39, 0.29) is 13.2 Å². The van der Waals surface area contributed by atoms with Crippen LogP contribution in [0.1, 0.15) is 5.56 Å². The molecule has 4 aromatic rings. The average molecular weight is 474 g/mol. The molecule has 0 spiro atoms. The Morgan fingerprint density at radius 3 is 2.83 bits per heavy atom. The molecule has 5 N–H and O–H groups in total. The number of anilines is 4. The molecule has 0 amide bonds. The fourth-order valence-electron chi connectivity index (χ4n) is 4.09. The third-order valence-electron chi connectivity index (χ3n) is 5.84. The minimum absolute atomic E-state index is 0.0710. The maximum absolute atomic E-state index is 9.30. The van der Waals surface area contributed by atoms with E-state index in [1.807, 2.05) is 47.1 Å². The van der Waals surface area contributed by atoms with Crippen LogP contribution in [0.4, 0.5) is 22.9 Å². The first-order chi connectivity index (χ1) is 17.2. The van der Waals surface area contributed by atoms with Gasteiger partial charge in [0.1, 0.15) is 12.4 Å². The Morgan fingerprint density at radius 1 is 1.20 bits per heavy atom. The average Bonchev–Trinajstić information content (AvgIpc) is 3.37. The number of aliphatic hydroxyl groups excluding tert-OH is 1. The van der Waals surface area contributed by atoms with Crippen LogP contribution >= 0.6 is 0 Å². The summed E-state index contributed by atoms with van der Waals surface area (Å²) in [6.45, 7) is 3.02. The van der Waals surface area contributed by atoms with Gasteiger partial charge in [0.05, 0.1) is 31.2 Å². The number of nitrogens with two attached hydrogens (primary N) is 1. The van der Waals surface area contributed by atoms with Crippen molar-refractivity contribution in [1.29, 1.82) is 5.41 Å². The zero-order valence-corrected chi connectivity index (χ0v) is 19.1. The van der Waals surface area contributed by atoms with Gasteiger partial charge in [0.15, 0.2) is 11.5 Å². The number of ether oxygens (including phenoxy) is 2. The number of nitrogens with one attached hydrogen (secondary N) is 2. The van der Waals surface area contributed by atoms with Gasteiger partial charge in [-0.1, -0.05) is 12.1 Å². The highest BCUT2D eigenvalue weighted by molar-refractivity contribution is 5.87. The molecule has 0 atom stereocenters. The standard InChI is InChI=1S/C25H27N7O3/c26-15-18-2-1-17(13-20(18)27)21-16-32-6-5-28-25(32)24(30-21)29-19-3-4-22(23(14-19)35-12-9-33)31-7-10-34-11-8-31/h1-6,13-16,26,33H,7-12,27H2,(H,29,30). The normalized spacial score (nSPS) is 13.7. The van der Waals surface area contributed by atoms with Crippen LogP contribution in [0.2, 0.25) is 0 Å². The summed E-state index contributed by atoms with van der Waals surface area (Å²) in [6.07, 6.45) is 6.70. The topological polar surface area (TPSA) is 134 Å². The lowest BCUT2D eigenvalue weighted by atomic mass is 10.1. The second kappa shape index (κ2) is 10.00. The van der Waals surface area contributed by atoms with Gasteiger partial charge in [-0.3, -0.25) is 0 Å². The van der Waals surface area contributed by atoms with Gasteiger partial charge in [-0.05, 0) is 18.2 Å². The molecule has 0 bridgehead atoms. The van der Waals surface area contributed by atoms with E-state index in [9.17, 15) is 5.11 Å². The molecule has 10 nitrogen and oxygen atoms in total. The van der Waals surface area contributed by atoms with Gasteiger partial charge in [-0.15, -0.1) is 0 Å². The van der Waals surface area contributed by atoms with Crippen molar-refractivity contribution in [2.45, 2.75) is 0 Å². The molecule has 1 aliphatic rings. The number of aliphatic hydroxyl groups is 1. The lowest BCUT2D eigenvalue weighted by molar-refractivity contribution is 0.122. The zero-order chi connectivity index (χ0) is 24.2. The predicted molar refractivity (Wildman–Crippen MR) is 136 cm³/mol. The third kappa shape index (κ3) is 4.75. The molecule has 2 aromatic carbocycles. The molecule has 1 aliphatic heterocycles. The molecule has 0 unspecified atom stereocenters. The molecular weight excluding hydrogens is 446 g/mol. The van der Waals surface area contributed by atoms with Crippen LogP contribution in [0.3, 0.4) is 0 Å². The van der Waals surface area contributed by atoms with Gasteiger partial charge in [-0.25, -0.2) is 9.97 Å². The molecule has 10 heteroatoms. The molecule has 35 heavy (non-hydrogen) atoms. The first-order valence-corrected chi connectivity index (χ1v) is 11.4. The highest BCUT2D eigenvalue weighted by atomic mass is 16.5. The molecule has 1 saturated heterocycles. The fourth-order valence-corrected chi connectivity index (χ4v) is 4.09. The quantitative estimate of drug-likeness (QED) is 0.227. The predicted octanol–water partition coefficient (Wildman–Crippen LogP) is 2.93. The van der Waals surface area contributed by atoms with E-state index in [4.69, 9.17) is 25.6 Å². The van der Waals surface area contributed by atoms with Crippen molar-refractivity contribution < 1.29 is 14.6 Å². The van der Waals surface area contributed by atoms with Gasteiger partial charge in [0.25, 0.3) is 0 Å². The van der Waals surface area contributed by atoms with Crippen LogP contribution in [-0.4, -0.2) is 65.2 Å². The highest BCUT2D eigenvalue weighted by Crippen LogP contribution is 2.34. The van der Waals surface area contributed by atoms with E-state index in [1.165, 1.54) is 6.21 Å².